The topological polar surface area (TPSA) is 81.4 Å². The fraction of sp³-hybridized carbons (Fsp3) is 0.176. The summed E-state index contributed by atoms with van der Waals surface area (Å²) in [5.41, 5.74) is 6.90. The van der Waals surface area contributed by atoms with Gasteiger partial charge in [0.2, 0.25) is 0 Å². The second-order valence-electron chi connectivity index (χ2n) is 4.95. The van der Waals surface area contributed by atoms with E-state index >= 15 is 0 Å². The molecule has 0 heterocycles. The third-order valence-corrected chi connectivity index (χ3v) is 3.99. The van der Waals surface area contributed by atoms with Gasteiger partial charge in [0.15, 0.2) is 0 Å². The van der Waals surface area contributed by atoms with Crippen molar-refractivity contribution in [2.45, 2.75) is 19.1 Å². The third kappa shape index (κ3) is 5.41. The molecule has 2 rings (SSSR count). The molecule has 0 aliphatic heterocycles. The average Bonchev–Trinajstić information content (AvgIpc) is 2.54. The summed E-state index contributed by atoms with van der Waals surface area (Å²) in [6.07, 6.45) is 0.318. The molecule has 3 N–H and O–H groups in total. The number of carbonyl (C=O) groups is 2. The van der Waals surface area contributed by atoms with E-state index in [1.165, 1.54) is 0 Å². The molecule has 0 aromatic heterocycles. The Balaban J connectivity index is 2.01. The molecule has 0 bridgehead atoms. The standard InChI is InChI=1S/C17H17BrN2O3/c18-14-9-5-4-8-13(14)11-23-16(21)15(20-17(19)22)10-12-6-2-1-3-7-12/h1-9,15H,10-11H2,(H3,19,20,22)/t15-/m0/s1. The molecule has 2 aromatic carbocycles. The van der Waals surface area contributed by atoms with Crippen molar-refractivity contribution >= 4 is 27.9 Å². The summed E-state index contributed by atoms with van der Waals surface area (Å²) in [6.45, 7) is 0.117. The van der Waals surface area contributed by atoms with Crippen molar-refractivity contribution in [3.05, 3.63) is 70.2 Å². The van der Waals surface area contributed by atoms with E-state index in [9.17, 15) is 9.59 Å². The van der Waals surface area contributed by atoms with E-state index in [-0.39, 0.29) is 6.61 Å². The van der Waals surface area contributed by atoms with Crippen LogP contribution in [0.3, 0.4) is 0 Å². The van der Waals surface area contributed by atoms with E-state index in [1.54, 1.807) is 0 Å². The van der Waals surface area contributed by atoms with Crippen molar-refractivity contribution < 1.29 is 14.3 Å². The number of primary amides is 1. The average molecular weight is 377 g/mol. The van der Waals surface area contributed by atoms with Crippen LogP contribution in [0, 0.1) is 0 Å². The maximum absolute atomic E-state index is 12.3. The summed E-state index contributed by atoms with van der Waals surface area (Å²) >= 11 is 3.40. The number of hydrogen-bond donors (Lipinski definition) is 2. The fourth-order valence-corrected chi connectivity index (χ4v) is 2.48. The number of nitrogens with two attached hydrogens (primary N) is 1. The molecule has 6 heteroatoms. The minimum absolute atomic E-state index is 0.117. The molecular formula is C17H17BrN2O3. The zero-order chi connectivity index (χ0) is 16.7. The highest BCUT2D eigenvalue weighted by molar-refractivity contribution is 9.10. The predicted octanol–water partition coefficient (Wildman–Crippen LogP) is 2.77. The smallest absolute Gasteiger partial charge is 0.329 e. The van der Waals surface area contributed by atoms with Crippen LogP contribution in [0.15, 0.2) is 59.1 Å². The van der Waals surface area contributed by atoms with E-state index in [0.717, 1.165) is 15.6 Å². The number of carbonyl (C=O) groups excluding carboxylic acids is 2. The number of urea groups is 1. The summed E-state index contributed by atoms with van der Waals surface area (Å²) in [7, 11) is 0. The van der Waals surface area contributed by atoms with Gasteiger partial charge in [0, 0.05) is 16.5 Å². The lowest BCUT2D eigenvalue weighted by Gasteiger charge is -2.17. The first-order valence-corrected chi connectivity index (χ1v) is 7.85. The van der Waals surface area contributed by atoms with Gasteiger partial charge in [-0.15, -0.1) is 0 Å². The highest BCUT2D eigenvalue weighted by Crippen LogP contribution is 2.17. The quantitative estimate of drug-likeness (QED) is 0.760. The number of ether oxygens (including phenoxy) is 1. The number of hydrogen-bond acceptors (Lipinski definition) is 3. The molecule has 0 spiro atoms. The summed E-state index contributed by atoms with van der Waals surface area (Å²) in [6, 6.07) is 15.2. The summed E-state index contributed by atoms with van der Waals surface area (Å²) in [4.78, 5) is 23.4. The summed E-state index contributed by atoms with van der Waals surface area (Å²) in [5, 5.41) is 2.43. The zero-order valence-corrected chi connectivity index (χ0v) is 14.0. The molecule has 5 nitrogen and oxygen atoms in total. The minimum Gasteiger partial charge on any atom is -0.459 e. The Morgan fingerprint density at radius 3 is 2.39 bits per heavy atom. The maximum atomic E-state index is 12.3. The molecular weight excluding hydrogens is 360 g/mol. The highest BCUT2D eigenvalue weighted by Gasteiger charge is 2.22. The number of rotatable bonds is 6. The Kier molecular flexibility index (Phi) is 6.17. The van der Waals surface area contributed by atoms with Crippen LogP contribution in [-0.2, 0) is 22.6 Å². The van der Waals surface area contributed by atoms with Gasteiger partial charge < -0.3 is 15.8 Å². The van der Waals surface area contributed by atoms with Crippen molar-refractivity contribution in [1.82, 2.24) is 5.32 Å². The molecule has 0 radical (unpaired) electrons. The van der Waals surface area contributed by atoms with Crippen LogP contribution < -0.4 is 11.1 Å². The van der Waals surface area contributed by atoms with Crippen LogP contribution in [0.25, 0.3) is 0 Å². The molecule has 23 heavy (non-hydrogen) atoms. The SMILES string of the molecule is NC(=O)N[C@@H](Cc1ccccc1)C(=O)OCc1ccccc1Br. The number of benzene rings is 2. The maximum Gasteiger partial charge on any atom is 0.329 e. The normalized spacial score (nSPS) is 11.5. The second kappa shape index (κ2) is 8.33. The monoisotopic (exact) mass is 376 g/mol. The Bertz CT molecular complexity index is 677. The Hall–Kier alpha value is -2.34. The predicted molar refractivity (Wildman–Crippen MR) is 90.6 cm³/mol. The van der Waals surface area contributed by atoms with Crippen molar-refractivity contribution in [2.75, 3.05) is 0 Å². The third-order valence-electron chi connectivity index (χ3n) is 3.21. The first-order chi connectivity index (χ1) is 11.1. The van der Waals surface area contributed by atoms with Gasteiger partial charge in [0.25, 0.3) is 0 Å². The molecule has 0 aliphatic rings. The van der Waals surface area contributed by atoms with Crippen molar-refractivity contribution in [2.24, 2.45) is 5.73 Å². The number of amides is 2. The molecule has 2 aromatic rings. The van der Waals surface area contributed by atoms with Crippen LogP contribution in [0.5, 0.6) is 0 Å². The van der Waals surface area contributed by atoms with Gasteiger partial charge >= 0.3 is 12.0 Å². The molecule has 120 valence electrons. The highest BCUT2D eigenvalue weighted by atomic mass is 79.9. The molecule has 0 unspecified atom stereocenters. The fourth-order valence-electron chi connectivity index (χ4n) is 2.08. The molecule has 0 fully saturated rings. The first-order valence-electron chi connectivity index (χ1n) is 7.06. The van der Waals surface area contributed by atoms with Crippen LogP contribution in [0.2, 0.25) is 0 Å². The van der Waals surface area contributed by atoms with Crippen LogP contribution in [-0.4, -0.2) is 18.0 Å². The molecule has 0 saturated heterocycles. The van der Waals surface area contributed by atoms with Gasteiger partial charge in [-0.2, -0.15) is 0 Å². The van der Waals surface area contributed by atoms with Gasteiger partial charge in [-0.25, -0.2) is 9.59 Å². The van der Waals surface area contributed by atoms with Crippen molar-refractivity contribution in [3.8, 4) is 0 Å². The Morgan fingerprint density at radius 2 is 1.74 bits per heavy atom. The number of nitrogens with one attached hydrogen (secondary N) is 1. The van der Waals surface area contributed by atoms with E-state index in [1.807, 2.05) is 54.6 Å². The summed E-state index contributed by atoms with van der Waals surface area (Å²) < 4.78 is 6.16. The van der Waals surface area contributed by atoms with E-state index in [0.29, 0.717) is 6.42 Å². The van der Waals surface area contributed by atoms with Gasteiger partial charge in [0.05, 0.1) is 0 Å². The Labute approximate surface area is 143 Å². The minimum atomic E-state index is -0.822. The van der Waals surface area contributed by atoms with Gasteiger partial charge in [-0.1, -0.05) is 64.5 Å². The lowest BCUT2D eigenvalue weighted by atomic mass is 10.1. The van der Waals surface area contributed by atoms with Crippen molar-refractivity contribution in [1.29, 1.82) is 0 Å². The molecule has 1 atom stereocenters. The van der Waals surface area contributed by atoms with Crippen LogP contribution in [0.1, 0.15) is 11.1 Å². The lowest BCUT2D eigenvalue weighted by Crippen LogP contribution is -2.45. The second-order valence-corrected chi connectivity index (χ2v) is 5.80. The molecule has 0 saturated carbocycles. The van der Waals surface area contributed by atoms with E-state index < -0.39 is 18.0 Å². The van der Waals surface area contributed by atoms with Crippen molar-refractivity contribution in [3.63, 3.8) is 0 Å². The molecule has 0 aliphatic carbocycles. The number of halogens is 1. The zero-order valence-electron chi connectivity index (χ0n) is 12.4. The lowest BCUT2D eigenvalue weighted by molar-refractivity contribution is -0.147. The van der Waals surface area contributed by atoms with Gasteiger partial charge in [-0.05, 0) is 11.6 Å². The van der Waals surface area contributed by atoms with Crippen LogP contribution >= 0.6 is 15.9 Å². The Morgan fingerprint density at radius 1 is 1.09 bits per heavy atom. The van der Waals surface area contributed by atoms with E-state index in [4.69, 9.17) is 10.5 Å². The van der Waals surface area contributed by atoms with Gasteiger partial charge in [-0.3, -0.25) is 0 Å². The van der Waals surface area contributed by atoms with Gasteiger partial charge in [0.1, 0.15) is 12.6 Å². The largest absolute Gasteiger partial charge is 0.459 e. The van der Waals surface area contributed by atoms with Crippen LogP contribution in [0.4, 0.5) is 4.79 Å². The summed E-state index contributed by atoms with van der Waals surface area (Å²) in [5.74, 6) is -0.525. The molecule has 2 amide bonds. The first kappa shape index (κ1) is 17.0. The number of esters is 1. The van der Waals surface area contributed by atoms with E-state index in [2.05, 4.69) is 21.2 Å².